The number of carbonyl (C=O) groups excluding carboxylic acids is 1. The van der Waals surface area contributed by atoms with Crippen LogP contribution in [0, 0.1) is 0 Å². The number of halogens is 1. The molecule has 4 nitrogen and oxygen atoms in total. The SMILES string of the molecule is Nc1cc(NC(=O)c2coc3ccccc23)ccc1Br. The van der Waals surface area contributed by atoms with E-state index in [0.29, 0.717) is 22.5 Å². The van der Waals surface area contributed by atoms with Crippen molar-refractivity contribution >= 4 is 44.2 Å². The maximum absolute atomic E-state index is 12.3. The number of furan rings is 1. The number of benzene rings is 2. The summed E-state index contributed by atoms with van der Waals surface area (Å²) in [5.41, 5.74) is 8.19. The van der Waals surface area contributed by atoms with Gasteiger partial charge in [-0.15, -0.1) is 0 Å². The summed E-state index contributed by atoms with van der Waals surface area (Å²) in [6.07, 6.45) is 1.46. The third kappa shape index (κ3) is 2.28. The topological polar surface area (TPSA) is 68.3 Å². The number of rotatable bonds is 2. The molecule has 0 aliphatic heterocycles. The largest absolute Gasteiger partial charge is 0.463 e. The van der Waals surface area contributed by atoms with Crippen molar-refractivity contribution in [2.24, 2.45) is 0 Å². The molecule has 20 heavy (non-hydrogen) atoms. The fourth-order valence-corrected chi connectivity index (χ4v) is 2.22. The Morgan fingerprint density at radius 3 is 2.80 bits per heavy atom. The van der Waals surface area contributed by atoms with Crippen LogP contribution in [0.1, 0.15) is 10.4 Å². The van der Waals surface area contributed by atoms with Gasteiger partial charge in [-0.2, -0.15) is 0 Å². The highest BCUT2D eigenvalue weighted by Gasteiger charge is 2.13. The average Bonchev–Trinajstić information content (AvgIpc) is 2.87. The molecule has 0 fully saturated rings. The van der Waals surface area contributed by atoms with Gasteiger partial charge >= 0.3 is 0 Å². The van der Waals surface area contributed by atoms with Crippen molar-refractivity contribution in [1.82, 2.24) is 0 Å². The van der Waals surface area contributed by atoms with E-state index in [1.54, 1.807) is 18.2 Å². The molecule has 0 spiro atoms. The highest BCUT2D eigenvalue weighted by molar-refractivity contribution is 9.10. The zero-order chi connectivity index (χ0) is 14.1. The highest BCUT2D eigenvalue weighted by Crippen LogP contribution is 2.25. The van der Waals surface area contributed by atoms with E-state index in [2.05, 4.69) is 21.2 Å². The number of hydrogen-bond acceptors (Lipinski definition) is 3. The first kappa shape index (κ1) is 12.7. The number of amides is 1. The Bertz CT molecular complexity index is 795. The van der Waals surface area contributed by atoms with E-state index in [4.69, 9.17) is 10.2 Å². The second kappa shape index (κ2) is 5.02. The first-order chi connectivity index (χ1) is 9.65. The van der Waals surface area contributed by atoms with Gasteiger partial charge in [0.2, 0.25) is 0 Å². The van der Waals surface area contributed by atoms with Crippen LogP contribution in [0.2, 0.25) is 0 Å². The quantitative estimate of drug-likeness (QED) is 0.697. The van der Waals surface area contributed by atoms with Crippen LogP contribution in [0.15, 0.2) is 57.6 Å². The predicted octanol–water partition coefficient (Wildman–Crippen LogP) is 4.03. The molecule has 0 unspecified atom stereocenters. The molecule has 0 saturated carbocycles. The smallest absolute Gasteiger partial charge is 0.259 e. The molecular weight excluding hydrogens is 320 g/mol. The van der Waals surface area contributed by atoms with Gasteiger partial charge in [-0.1, -0.05) is 18.2 Å². The minimum Gasteiger partial charge on any atom is -0.463 e. The summed E-state index contributed by atoms with van der Waals surface area (Å²) < 4.78 is 6.15. The van der Waals surface area contributed by atoms with E-state index < -0.39 is 0 Å². The highest BCUT2D eigenvalue weighted by atomic mass is 79.9. The Morgan fingerprint density at radius 2 is 2.00 bits per heavy atom. The van der Waals surface area contributed by atoms with Gasteiger partial charge < -0.3 is 15.5 Å². The molecular formula is C15H11BrN2O2. The van der Waals surface area contributed by atoms with Crippen LogP contribution < -0.4 is 11.1 Å². The van der Waals surface area contributed by atoms with E-state index in [1.807, 2.05) is 24.3 Å². The first-order valence-electron chi connectivity index (χ1n) is 5.98. The Morgan fingerprint density at radius 1 is 1.20 bits per heavy atom. The van der Waals surface area contributed by atoms with Gasteiger partial charge in [0.15, 0.2) is 0 Å². The molecule has 100 valence electrons. The molecule has 1 amide bonds. The third-order valence-electron chi connectivity index (χ3n) is 2.98. The first-order valence-corrected chi connectivity index (χ1v) is 6.77. The van der Waals surface area contributed by atoms with Crippen LogP contribution in [-0.2, 0) is 0 Å². The number of hydrogen-bond donors (Lipinski definition) is 2. The van der Waals surface area contributed by atoms with Crippen molar-refractivity contribution in [2.45, 2.75) is 0 Å². The molecule has 2 aromatic carbocycles. The number of anilines is 2. The lowest BCUT2D eigenvalue weighted by molar-refractivity contribution is 0.102. The average molecular weight is 331 g/mol. The van der Waals surface area contributed by atoms with Crippen molar-refractivity contribution in [1.29, 1.82) is 0 Å². The lowest BCUT2D eigenvalue weighted by Crippen LogP contribution is -2.11. The third-order valence-corrected chi connectivity index (χ3v) is 3.70. The Hall–Kier alpha value is -2.27. The fourth-order valence-electron chi connectivity index (χ4n) is 1.97. The van der Waals surface area contributed by atoms with Crippen molar-refractivity contribution in [3.8, 4) is 0 Å². The molecule has 0 saturated heterocycles. The predicted molar refractivity (Wildman–Crippen MR) is 82.7 cm³/mol. The molecule has 0 aliphatic carbocycles. The molecule has 0 radical (unpaired) electrons. The minimum absolute atomic E-state index is 0.225. The van der Waals surface area contributed by atoms with Gasteiger partial charge in [0.05, 0.1) is 5.56 Å². The molecule has 0 aliphatic rings. The second-order valence-corrected chi connectivity index (χ2v) is 5.19. The molecule has 5 heteroatoms. The van der Waals surface area contributed by atoms with Crippen LogP contribution in [0.3, 0.4) is 0 Å². The van der Waals surface area contributed by atoms with E-state index in [9.17, 15) is 4.79 Å². The molecule has 3 aromatic rings. The van der Waals surface area contributed by atoms with E-state index >= 15 is 0 Å². The number of nitrogens with two attached hydrogens (primary N) is 1. The summed E-state index contributed by atoms with van der Waals surface area (Å²) in [6.45, 7) is 0. The number of carbonyl (C=O) groups is 1. The summed E-state index contributed by atoms with van der Waals surface area (Å²) in [5.74, 6) is -0.225. The standard InChI is InChI=1S/C15H11BrN2O2/c16-12-6-5-9(7-13(12)17)18-15(19)11-8-20-14-4-2-1-3-10(11)14/h1-8H,17H2,(H,18,19). The maximum Gasteiger partial charge on any atom is 0.259 e. The van der Waals surface area contributed by atoms with E-state index in [-0.39, 0.29) is 5.91 Å². The second-order valence-electron chi connectivity index (χ2n) is 4.34. The van der Waals surface area contributed by atoms with Gasteiger partial charge in [0.1, 0.15) is 11.8 Å². The minimum atomic E-state index is -0.225. The van der Waals surface area contributed by atoms with Crippen LogP contribution in [-0.4, -0.2) is 5.91 Å². The zero-order valence-corrected chi connectivity index (χ0v) is 12.0. The number of para-hydroxylation sites is 1. The summed E-state index contributed by atoms with van der Waals surface area (Å²) in [5, 5.41) is 3.59. The summed E-state index contributed by atoms with van der Waals surface area (Å²) >= 11 is 3.31. The van der Waals surface area contributed by atoms with Crippen molar-refractivity contribution in [3.05, 3.63) is 58.8 Å². The molecule has 3 rings (SSSR count). The van der Waals surface area contributed by atoms with Gasteiger partial charge in [-0.25, -0.2) is 0 Å². The molecule has 1 aromatic heterocycles. The molecule has 3 N–H and O–H groups in total. The van der Waals surface area contributed by atoms with Crippen molar-refractivity contribution < 1.29 is 9.21 Å². The molecule has 0 atom stereocenters. The zero-order valence-electron chi connectivity index (χ0n) is 10.4. The van der Waals surface area contributed by atoms with Gasteiger partial charge in [-0.3, -0.25) is 4.79 Å². The van der Waals surface area contributed by atoms with Crippen molar-refractivity contribution in [2.75, 3.05) is 11.1 Å². The van der Waals surface area contributed by atoms with E-state index in [0.717, 1.165) is 9.86 Å². The number of fused-ring (bicyclic) bond motifs is 1. The van der Waals surface area contributed by atoms with E-state index in [1.165, 1.54) is 6.26 Å². The lowest BCUT2D eigenvalue weighted by atomic mass is 10.1. The monoisotopic (exact) mass is 330 g/mol. The van der Waals surface area contributed by atoms with Gasteiger partial charge in [-0.05, 0) is 40.2 Å². The lowest BCUT2D eigenvalue weighted by Gasteiger charge is -2.06. The fraction of sp³-hybridized carbons (Fsp3) is 0. The Balaban J connectivity index is 1.91. The number of nitrogen functional groups attached to an aromatic ring is 1. The Kier molecular flexibility index (Phi) is 3.20. The van der Waals surface area contributed by atoms with Crippen LogP contribution >= 0.6 is 15.9 Å². The number of nitrogens with one attached hydrogen (secondary N) is 1. The van der Waals surface area contributed by atoms with Crippen LogP contribution in [0.5, 0.6) is 0 Å². The van der Waals surface area contributed by atoms with Gasteiger partial charge in [0.25, 0.3) is 5.91 Å². The normalized spacial score (nSPS) is 10.7. The van der Waals surface area contributed by atoms with Gasteiger partial charge in [0, 0.05) is 21.2 Å². The van der Waals surface area contributed by atoms with Crippen LogP contribution in [0.4, 0.5) is 11.4 Å². The summed E-state index contributed by atoms with van der Waals surface area (Å²) in [7, 11) is 0. The Labute approximate surface area is 123 Å². The molecule has 1 heterocycles. The van der Waals surface area contributed by atoms with Crippen molar-refractivity contribution in [3.63, 3.8) is 0 Å². The summed E-state index contributed by atoms with van der Waals surface area (Å²) in [6, 6.07) is 12.7. The maximum atomic E-state index is 12.3. The summed E-state index contributed by atoms with van der Waals surface area (Å²) in [4.78, 5) is 12.3. The van der Waals surface area contributed by atoms with Crippen LogP contribution in [0.25, 0.3) is 11.0 Å². The molecule has 0 bridgehead atoms.